The highest BCUT2D eigenvalue weighted by Gasteiger charge is 2.17. The highest BCUT2D eigenvalue weighted by Crippen LogP contribution is 2.14. The average molecular weight is 204 g/mol. The Morgan fingerprint density at radius 3 is 3.00 bits per heavy atom. The largest absolute Gasteiger partial charge is 0.461 e. The van der Waals surface area contributed by atoms with Crippen LogP contribution in [0, 0.1) is 0 Å². The highest BCUT2D eigenvalue weighted by molar-refractivity contribution is 6.07. The molecule has 4 nitrogen and oxygen atoms in total. The third-order valence-electron chi connectivity index (χ3n) is 2.23. The third-order valence-corrected chi connectivity index (χ3v) is 2.23. The van der Waals surface area contributed by atoms with E-state index in [-0.39, 0.29) is 5.78 Å². The Labute approximate surface area is 87.5 Å². The van der Waals surface area contributed by atoms with Crippen LogP contribution in [-0.2, 0) is 13.5 Å². The average Bonchev–Trinajstić information content (AvgIpc) is 2.84. The number of aryl methyl sites for hydroxylation is 2. The van der Waals surface area contributed by atoms with Crippen molar-refractivity contribution < 1.29 is 9.21 Å². The number of hydrogen-bond acceptors (Lipinski definition) is 3. The first-order chi connectivity index (χ1) is 7.22. The number of carbonyl (C=O) groups excluding carboxylic acids is 1. The van der Waals surface area contributed by atoms with Crippen LogP contribution in [0.5, 0.6) is 0 Å². The summed E-state index contributed by atoms with van der Waals surface area (Å²) in [6, 6.07) is 3.37. The minimum absolute atomic E-state index is 0.107. The van der Waals surface area contributed by atoms with Crippen molar-refractivity contribution in [1.29, 1.82) is 0 Å². The fourth-order valence-electron chi connectivity index (χ4n) is 1.53. The molecule has 0 spiro atoms. The monoisotopic (exact) mass is 204 g/mol. The van der Waals surface area contributed by atoms with E-state index in [0.717, 1.165) is 12.1 Å². The molecule has 0 bridgehead atoms. The quantitative estimate of drug-likeness (QED) is 0.716. The van der Waals surface area contributed by atoms with Crippen molar-refractivity contribution in [2.45, 2.75) is 13.3 Å². The molecule has 2 heterocycles. The van der Waals surface area contributed by atoms with Gasteiger partial charge in [0.25, 0.3) is 0 Å². The lowest BCUT2D eigenvalue weighted by atomic mass is 10.1. The van der Waals surface area contributed by atoms with Crippen LogP contribution < -0.4 is 0 Å². The van der Waals surface area contributed by atoms with E-state index in [1.165, 1.54) is 6.26 Å². The summed E-state index contributed by atoms with van der Waals surface area (Å²) in [5, 5.41) is 4.21. The Morgan fingerprint density at radius 2 is 2.40 bits per heavy atom. The van der Waals surface area contributed by atoms with E-state index in [9.17, 15) is 4.79 Å². The molecular formula is C11H12N2O2. The smallest absolute Gasteiger partial charge is 0.231 e. The second-order valence-electron chi connectivity index (χ2n) is 3.32. The number of hydrogen-bond donors (Lipinski definition) is 0. The van der Waals surface area contributed by atoms with Gasteiger partial charge < -0.3 is 4.42 Å². The first kappa shape index (κ1) is 9.71. The lowest BCUT2D eigenvalue weighted by Crippen LogP contribution is -2.01. The maximum absolute atomic E-state index is 12.0. The zero-order chi connectivity index (χ0) is 10.8. The zero-order valence-electron chi connectivity index (χ0n) is 8.73. The van der Waals surface area contributed by atoms with Crippen LogP contribution in [0.1, 0.15) is 28.7 Å². The van der Waals surface area contributed by atoms with E-state index in [2.05, 4.69) is 5.10 Å². The van der Waals surface area contributed by atoms with E-state index in [1.807, 2.05) is 6.92 Å². The Balaban J connectivity index is 2.41. The summed E-state index contributed by atoms with van der Waals surface area (Å²) in [5.41, 5.74) is 1.42. The fourth-order valence-corrected chi connectivity index (χ4v) is 1.53. The molecule has 0 fully saturated rings. The van der Waals surface area contributed by atoms with Gasteiger partial charge in [-0.3, -0.25) is 9.48 Å². The maximum atomic E-state index is 12.0. The second-order valence-corrected chi connectivity index (χ2v) is 3.32. The number of nitrogens with zero attached hydrogens (tertiary/aromatic N) is 2. The lowest BCUT2D eigenvalue weighted by Gasteiger charge is -1.95. The molecule has 15 heavy (non-hydrogen) atoms. The van der Waals surface area contributed by atoms with Crippen LogP contribution >= 0.6 is 0 Å². The molecule has 2 aromatic heterocycles. The summed E-state index contributed by atoms with van der Waals surface area (Å²) < 4.78 is 6.72. The highest BCUT2D eigenvalue weighted by atomic mass is 16.3. The first-order valence-corrected chi connectivity index (χ1v) is 4.83. The minimum Gasteiger partial charge on any atom is -0.461 e. The molecule has 0 saturated heterocycles. The van der Waals surface area contributed by atoms with Gasteiger partial charge in [-0.05, 0) is 18.6 Å². The lowest BCUT2D eigenvalue weighted by molar-refractivity contribution is 0.101. The molecule has 0 aliphatic rings. The van der Waals surface area contributed by atoms with Crippen molar-refractivity contribution in [3.63, 3.8) is 0 Å². The van der Waals surface area contributed by atoms with E-state index >= 15 is 0 Å². The summed E-state index contributed by atoms with van der Waals surface area (Å²) in [6.07, 6.45) is 3.96. The second kappa shape index (κ2) is 3.73. The van der Waals surface area contributed by atoms with Gasteiger partial charge in [0.2, 0.25) is 5.78 Å². The van der Waals surface area contributed by atoms with E-state index < -0.39 is 0 Å². The third kappa shape index (κ3) is 1.70. The summed E-state index contributed by atoms with van der Waals surface area (Å²) in [4.78, 5) is 12.0. The number of furan rings is 1. The summed E-state index contributed by atoms with van der Waals surface area (Å²) in [6.45, 7) is 1.97. The Morgan fingerprint density at radius 1 is 1.60 bits per heavy atom. The van der Waals surface area contributed by atoms with Gasteiger partial charge in [-0.2, -0.15) is 5.10 Å². The van der Waals surface area contributed by atoms with Gasteiger partial charge in [0.15, 0.2) is 5.76 Å². The van der Waals surface area contributed by atoms with Crippen LogP contribution in [-0.4, -0.2) is 15.6 Å². The van der Waals surface area contributed by atoms with Crippen molar-refractivity contribution in [1.82, 2.24) is 9.78 Å². The molecule has 0 unspecified atom stereocenters. The van der Waals surface area contributed by atoms with Gasteiger partial charge in [0, 0.05) is 13.2 Å². The van der Waals surface area contributed by atoms with E-state index in [0.29, 0.717) is 11.3 Å². The van der Waals surface area contributed by atoms with E-state index in [4.69, 9.17) is 4.42 Å². The van der Waals surface area contributed by atoms with Gasteiger partial charge in [0.05, 0.1) is 17.5 Å². The van der Waals surface area contributed by atoms with Crippen LogP contribution in [0.15, 0.2) is 29.0 Å². The van der Waals surface area contributed by atoms with Gasteiger partial charge in [0.1, 0.15) is 0 Å². The number of ketones is 1. The molecule has 78 valence electrons. The van der Waals surface area contributed by atoms with Gasteiger partial charge in [-0.1, -0.05) is 6.92 Å². The van der Waals surface area contributed by atoms with Crippen molar-refractivity contribution >= 4 is 5.78 Å². The van der Waals surface area contributed by atoms with Crippen LogP contribution in [0.4, 0.5) is 0 Å². The normalized spacial score (nSPS) is 10.5. The minimum atomic E-state index is -0.107. The SMILES string of the molecule is CCc1nn(C)cc1C(=O)c1ccco1. The summed E-state index contributed by atoms with van der Waals surface area (Å²) in [7, 11) is 1.80. The zero-order valence-corrected chi connectivity index (χ0v) is 8.73. The molecule has 0 N–H and O–H groups in total. The molecule has 2 rings (SSSR count). The van der Waals surface area contributed by atoms with Crippen molar-refractivity contribution in [3.8, 4) is 0 Å². The predicted molar refractivity (Wildman–Crippen MR) is 54.7 cm³/mol. The fraction of sp³-hybridized carbons (Fsp3) is 0.273. The maximum Gasteiger partial charge on any atom is 0.231 e. The molecule has 0 aliphatic carbocycles. The molecule has 0 radical (unpaired) electrons. The van der Waals surface area contributed by atoms with Gasteiger partial charge in [-0.25, -0.2) is 0 Å². The molecule has 0 aromatic carbocycles. The molecule has 0 aliphatic heterocycles. The Bertz CT molecular complexity index is 469. The Kier molecular flexibility index (Phi) is 2.41. The van der Waals surface area contributed by atoms with Crippen molar-refractivity contribution in [3.05, 3.63) is 41.6 Å². The van der Waals surface area contributed by atoms with Gasteiger partial charge >= 0.3 is 0 Å². The summed E-state index contributed by atoms with van der Waals surface area (Å²) in [5.74, 6) is 0.252. The van der Waals surface area contributed by atoms with Crippen LogP contribution in [0.25, 0.3) is 0 Å². The topological polar surface area (TPSA) is 48.0 Å². The van der Waals surface area contributed by atoms with Crippen LogP contribution in [0.2, 0.25) is 0 Å². The number of rotatable bonds is 3. The molecule has 0 amide bonds. The molecule has 2 aromatic rings. The van der Waals surface area contributed by atoms with Crippen molar-refractivity contribution in [2.24, 2.45) is 7.05 Å². The number of carbonyl (C=O) groups is 1. The number of aromatic nitrogens is 2. The first-order valence-electron chi connectivity index (χ1n) is 4.83. The van der Waals surface area contributed by atoms with E-state index in [1.54, 1.807) is 30.1 Å². The Hall–Kier alpha value is -1.84. The molecule has 0 atom stereocenters. The van der Waals surface area contributed by atoms with Gasteiger partial charge in [-0.15, -0.1) is 0 Å². The predicted octanol–water partition coefficient (Wildman–Crippen LogP) is 1.81. The molecular weight excluding hydrogens is 192 g/mol. The molecule has 0 saturated carbocycles. The summed E-state index contributed by atoms with van der Waals surface area (Å²) >= 11 is 0. The van der Waals surface area contributed by atoms with Crippen LogP contribution in [0.3, 0.4) is 0 Å². The standard InChI is InChI=1S/C11H12N2O2/c1-3-9-8(7-13(2)12-9)11(14)10-5-4-6-15-10/h4-7H,3H2,1-2H3. The van der Waals surface area contributed by atoms with Crippen molar-refractivity contribution in [2.75, 3.05) is 0 Å². The molecule has 4 heteroatoms.